The van der Waals surface area contributed by atoms with E-state index in [1.54, 1.807) is 6.07 Å². The average molecular weight is 383 g/mol. The molecule has 2 aromatic carbocycles. The molecule has 1 amide bonds. The quantitative estimate of drug-likeness (QED) is 0.653. The maximum Gasteiger partial charge on any atom is 0.255 e. The second-order valence-corrected chi connectivity index (χ2v) is 6.20. The van der Waals surface area contributed by atoms with Crippen molar-refractivity contribution in [3.63, 3.8) is 0 Å². The van der Waals surface area contributed by atoms with Crippen molar-refractivity contribution in [3.8, 4) is 11.5 Å². The number of nitrogens with two attached hydrogens (primary N) is 1. The minimum absolute atomic E-state index is 0.258. The van der Waals surface area contributed by atoms with Crippen LogP contribution in [0.2, 0.25) is 10.0 Å². The van der Waals surface area contributed by atoms with Crippen LogP contribution >= 0.6 is 23.2 Å². The summed E-state index contributed by atoms with van der Waals surface area (Å²) in [6.07, 6.45) is 0.824. The van der Waals surface area contributed by atoms with Crippen molar-refractivity contribution in [2.24, 2.45) is 5.73 Å². The Labute approximate surface area is 157 Å². The molecule has 2 aromatic rings. The van der Waals surface area contributed by atoms with Gasteiger partial charge in [0.15, 0.2) is 18.1 Å². The van der Waals surface area contributed by atoms with Crippen molar-refractivity contribution >= 4 is 29.1 Å². The van der Waals surface area contributed by atoms with E-state index in [0.29, 0.717) is 23.1 Å². The Hall–Kier alpha value is -1.95. The number of hydrogen-bond acceptors (Lipinski definition) is 4. The van der Waals surface area contributed by atoms with E-state index in [9.17, 15) is 4.79 Å². The van der Waals surface area contributed by atoms with Crippen LogP contribution in [-0.2, 0) is 17.8 Å². The van der Waals surface area contributed by atoms with E-state index in [1.807, 2.05) is 30.3 Å². The highest BCUT2D eigenvalue weighted by Crippen LogP contribution is 2.36. The Balaban J connectivity index is 1.94. The normalized spacial score (nSPS) is 10.5. The maximum atomic E-state index is 10.9. The Morgan fingerprint density at radius 1 is 1.20 bits per heavy atom. The predicted molar refractivity (Wildman–Crippen MR) is 99.6 cm³/mol. The van der Waals surface area contributed by atoms with Crippen LogP contribution < -0.4 is 20.5 Å². The van der Waals surface area contributed by atoms with Crippen LogP contribution in [-0.4, -0.2) is 26.2 Å². The number of hydrogen-bond donors (Lipinski definition) is 2. The second-order valence-electron chi connectivity index (χ2n) is 5.38. The molecule has 3 N–H and O–H groups in total. The van der Waals surface area contributed by atoms with Crippen LogP contribution in [0.1, 0.15) is 11.1 Å². The Kier molecular flexibility index (Phi) is 7.37. The third-order valence-electron chi connectivity index (χ3n) is 3.51. The van der Waals surface area contributed by atoms with Gasteiger partial charge in [0.2, 0.25) is 0 Å². The number of primary amides is 1. The first kappa shape index (κ1) is 19.4. The van der Waals surface area contributed by atoms with Crippen molar-refractivity contribution in [1.29, 1.82) is 0 Å². The predicted octanol–water partition coefficient (Wildman–Crippen LogP) is 3.20. The summed E-state index contributed by atoms with van der Waals surface area (Å²) in [7, 11) is 1.51. The minimum atomic E-state index is -0.580. The van der Waals surface area contributed by atoms with E-state index in [0.717, 1.165) is 29.1 Å². The SMILES string of the molecule is COc1cc(CNCCc2ccccc2Cl)cc(Cl)c1OCC(N)=O. The van der Waals surface area contributed by atoms with Gasteiger partial charge in [0.05, 0.1) is 12.1 Å². The molecule has 0 spiro atoms. The number of ether oxygens (including phenoxy) is 2. The zero-order valence-electron chi connectivity index (χ0n) is 13.9. The molecule has 0 aromatic heterocycles. The molecule has 0 saturated heterocycles. The van der Waals surface area contributed by atoms with Gasteiger partial charge in [-0.15, -0.1) is 0 Å². The van der Waals surface area contributed by atoms with E-state index in [-0.39, 0.29) is 6.61 Å². The fraction of sp³-hybridized carbons (Fsp3) is 0.278. The highest BCUT2D eigenvalue weighted by Gasteiger charge is 2.13. The van der Waals surface area contributed by atoms with Crippen LogP contribution in [0.15, 0.2) is 36.4 Å². The van der Waals surface area contributed by atoms with Crippen LogP contribution in [0.25, 0.3) is 0 Å². The van der Waals surface area contributed by atoms with Crippen LogP contribution in [0, 0.1) is 0 Å². The lowest BCUT2D eigenvalue weighted by atomic mass is 10.1. The molecule has 0 radical (unpaired) electrons. The molecule has 5 nitrogen and oxygen atoms in total. The number of methoxy groups -OCH3 is 1. The molecule has 0 bridgehead atoms. The van der Waals surface area contributed by atoms with Gasteiger partial charge in [-0.3, -0.25) is 4.79 Å². The lowest BCUT2D eigenvalue weighted by Gasteiger charge is -2.14. The van der Waals surface area contributed by atoms with Gasteiger partial charge in [-0.2, -0.15) is 0 Å². The van der Waals surface area contributed by atoms with Crippen LogP contribution in [0.5, 0.6) is 11.5 Å². The van der Waals surface area contributed by atoms with E-state index >= 15 is 0 Å². The average Bonchev–Trinajstić information content (AvgIpc) is 2.58. The highest BCUT2D eigenvalue weighted by molar-refractivity contribution is 6.32. The summed E-state index contributed by atoms with van der Waals surface area (Å²) in [5.41, 5.74) is 7.12. The Morgan fingerprint density at radius 3 is 2.64 bits per heavy atom. The van der Waals surface area contributed by atoms with Gasteiger partial charge in [-0.25, -0.2) is 0 Å². The van der Waals surface area contributed by atoms with Crippen LogP contribution in [0.3, 0.4) is 0 Å². The molecule has 0 heterocycles. The standard InChI is InChI=1S/C18H20Cl2N2O3/c1-24-16-9-12(8-15(20)18(16)25-11-17(21)23)10-22-7-6-13-4-2-3-5-14(13)19/h2-5,8-9,22H,6-7,10-11H2,1H3,(H2,21,23). The molecule has 0 aliphatic rings. The minimum Gasteiger partial charge on any atom is -0.493 e. The highest BCUT2D eigenvalue weighted by atomic mass is 35.5. The molecule has 0 unspecified atom stereocenters. The van der Waals surface area contributed by atoms with Gasteiger partial charge in [-0.05, 0) is 42.3 Å². The first-order valence-corrected chi connectivity index (χ1v) is 8.48. The topological polar surface area (TPSA) is 73.6 Å². The largest absolute Gasteiger partial charge is 0.493 e. The molecule has 0 aliphatic heterocycles. The smallest absolute Gasteiger partial charge is 0.255 e. The number of halogens is 2. The van der Waals surface area contributed by atoms with Gasteiger partial charge < -0.3 is 20.5 Å². The zero-order chi connectivity index (χ0) is 18.2. The molecular weight excluding hydrogens is 363 g/mol. The van der Waals surface area contributed by atoms with E-state index in [4.69, 9.17) is 38.4 Å². The van der Waals surface area contributed by atoms with Crippen molar-refractivity contribution in [3.05, 3.63) is 57.6 Å². The first-order chi connectivity index (χ1) is 12.0. The summed E-state index contributed by atoms with van der Waals surface area (Å²) >= 11 is 12.4. The number of rotatable bonds is 9. The monoisotopic (exact) mass is 382 g/mol. The second kappa shape index (κ2) is 9.51. The number of carbonyl (C=O) groups is 1. The van der Waals surface area contributed by atoms with Gasteiger partial charge in [0.25, 0.3) is 5.91 Å². The molecule has 0 atom stereocenters. The molecule has 0 aliphatic carbocycles. The van der Waals surface area contributed by atoms with Crippen molar-refractivity contribution in [1.82, 2.24) is 5.32 Å². The van der Waals surface area contributed by atoms with Gasteiger partial charge in [-0.1, -0.05) is 41.4 Å². The fourth-order valence-corrected chi connectivity index (χ4v) is 2.83. The summed E-state index contributed by atoms with van der Waals surface area (Å²) < 4.78 is 10.6. The lowest BCUT2D eigenvalue weighted by molar-refractivity contribution is -0.119. The molecule has 7 heteroatoms. The van der Waals surface area contributed by atoms with Gasteiger partial charge in [0, 0.05) is 11.6 Å². The van der Waals surface area contributed by atoms with E-state index in [2.05, 4.69) is 5.32 Å². The van der Waals surface area contributed by atoms with Crippen molar-refractivity contribution in [2.75, 3.05) is 20.3 Å². The van der Waals surface area contributed by atoms with Gasteiger partial charge in [0.1, 0.15) is 0 Å². The van der Waals surface area contributed by atoms with Crippen LogP contribution in [0.4, 0.5) is 0 Å². The maximum absolute atomic E-state index is 10.9. The fourth-order valence-electron chi connectivity index (χ4n) is 2.32. The summed E-state index contributed by atoms with van der Waals surface area (Å²) in [6, 6.07) is 11.3. The molecule has 134 valence electrons. The lowest BCUT2D eigenvalue weighted by Crippen LogP contribution is -2.20. The molecule has 0 saturated carbocycles. The molecule has 0 fully saturated rings. The third kappa shape index (κ3) is 5.81. The molecular formula is C18H20Cl2N2O3. The number of carbonyl (C=O) groups excluding carboxylic acids is 1. The molecule has 25 heavy (non-hydrogen) atoms. The Morgan fingerprint density at radius 2 is 1.96 bits per heavy atom. The van der Waals surface area contributed by atoms with Crippen molar-refractivity contribution in [2.45, 2.75) is 13.0 Å². The summed E-state index contributed by atoms with van der Waals surface area (Å²) in [5.74, 6) is 0.183. The Bertz CT molecular complexity index is 738. The van der Waals surface area contributed by atoms with Gasteiger partial charge >= 0.3 is 0 Å². The number of amides is 1. The summed E-state index contributed by atoms with van der Waals surface area (Å²) in [6.45, 7) is 1.12. The van der Waals surface area contributed by atoms with Crippen molar-refractivity contribution < 1.29 is 14.3 Å². The third-order valence-corrected chi connectivity index (χ3v) is 4.16. The number of benzene rings is 2. The van der Waals surface area contributed by atoms with E-state index in [1.165, 1.54) is 7.11 Å². The molecule has 2 rings (SSSR count). The first-order valence-electron chi connectivity index (χ1n) is 7.73. The summed E-state index contributed by atoms with van der Waals surface area (Å²) in [5, 5.41) is 4.47. The zero-order valence-corrected chi connectivity index (χ0v) is 15.4. The number of nitrogens with one attached hydrogen (secondary N) is 1. The summed E-state index contributed by atoms with van der Waals surface area (Å²) in [4.78, 5) is 10.9. The van der Waals surface area contributed by atoms with E-state index < -0.39 is 5.91 Å².